The highest BCUT2D eigenvalue weighted by Crippen LogP contribution is 2.49. The highest BCUT2D eigenvalue weighted by atomic mass is 79.9. The Labute approximate surface area is 176 Å². The zero-order chi connectivity index (χ0) is 19.9. The maximum Gasteiger partial charge on any atom is 0.255 e. The number of piperazine rings is 1. The summed E-state index contributed by atoms with van der Waals surface area (Å²) in [6, 6.07) is 11.7. The van der Waals surface area contributed by atoms with Crippen molar-refractivity contribution in [3.63, 3.8) is 0 Å². The molecule has 1 heterocycles. The summed E-state index contributed by atoms with van der Waals surface area (Å²) >= 11 is 9.45. The molecule has 0 spiro atoms. The number of benzene rings is 2. The van der Waals surface area contributed by atoms with E-state index in [1.807, 2.05) is 29.2 Å². The van der Waals surface area contributed by atoms with Gasteiger partial charge < -0.3 is 9.80 Å². The first-order chi connectivity index (χ1) is 13.4. The molecule has 2 aliphatic rings. The Morgan fingerprint density at radius 1 is 0.964 bits per heavy atom. The number of hydrogen-bond acceptors (Lipinski definition) is 2. The van der Waals surface area contributed by atoms with Gasteiger partial charge in [0.25, 0.3) is 5.91 Å². The van der Waals surface area contributed by atoms with E-state index in [1.165, 1.54) is 12.1 Å². The Bertz CT molecular complexity index is 923. The number of halogens is 3. The standard InChI is InChI=1S/C21H19BrClFN2O2/c22-15-3-1-14(2-4-15)21(7-8-21)20(28)26-11-9-25(10-12-26)19(27)17-6-5-16(24)13-18(17)23/h1-6,13H,7-12H2. The number of nitrogens with zero attached hydrogens (tertiary/aromatic N) is 2. The van der Waals surface area contributed by atoms with Crippen LogP contribution in [0.15, 0.2) is 46.9 Å². The van der Waals surface area contributed by atoms with Crippen LogP contribution in [0.5, 0.6) is 0 Å². The maximum absolute atomic E-state index is 13.2. The molecule has 2 aromatic carbocycles. The number of amides is 2. The van der Waals surface area contributed by atoms with Crippen molar-refractivity contribution in [3.05, 3.63) is 68.9 Å². The van der Waals surface area contributed by atoms with E-state index in [1.54, 1.807) is 4.90 Å². The molecule has 4 rings (SSSR count). The quantitative estimate of drug-likeness (QED) is 0.680. The molecular weight excluding hydrogens is 447 g/mol. The molecule has 1 saturated heterocycles. The minimum absolute atomic E-state index is 0.107. The van der Waals surface area contributed by atoms with Gasteiger partial charge in [-0.15, -0.1) is 0 Å². The van der Waals surface area contributed by atoms with Gasteiger partial charge in [-0.05, 0) is 48.7 Å². The number of carbonyl (C=O) groups is 2. The molecule has 0 radical (unpaired) electrons. The van der Waals surface area contributed by atoms with Crippen LogP contribution in [-0.2, 0) is 10.2 Å². The van der Waals surface area contributed by atoms with Crippen LogP contribution in [0.3, 0.4) is 0 Å². The van der Waals surface area contributed by atoms with Gasteiger partial charge in [-0.3, -0.25) is 9.59 Å². The molecule has 1 saturated carbocycles. The fourth-order valence-electron chi connectivity index (χ4n) is 3.77. The molecule has 0 bridgehead atoms. The van der Waals surface area contributed by atoms with Gasteiger partial charge in [0.1, 0.15) is 5.82 Å². The van der Waals surface area contributed by atoms with E-state index in [-0.39, 0.29) is 22.4 Å². The third kappa shape index (κ3) is 3.55. The Hall–Kier alpha value is -1.92. The van der Waals surface area contributed by atoms with Crippen molar-refractivity contribution in [2.45, 2.75) is 18.3 Å². The van der Waals surface area contributed by atoms with Crippen molar-refractivity contribution in [1.29, 1.82) is 0 Å². The molecule has 1 aliphatic carbocycles. The first-order valence-electron chi connectivity index (χ1n) is 9.20. The van der Waals surface area contributed by atoms with Crippen LogP contribution in [-0.4, -0.2) is 47.8 Å². The zero-order valence-electron chi connectivity index (χ0n) is 15.1. The minimum atomic E-state index is -0.473. The van der Waals surface area contributed by atoms with Crippen molar-refractivity contribution in [1.82, 2.24) is 9.80 Å². The SMILES string of the molecule is O=C(c1ccc(F)cc1Cl)N1CCN(C(=O)C2(c3ccc(Br)cc3)CC2)CC1. The van der Waals surface area contributed by atoms with E-state index in [0.717, 1.165) is 28.9 Å². The van der Waals surface area contributed by atoms with E-state index < -0.39 is 11.2 Å². The summed E-state index contributed by atoms with van der Waals surface area (Å²) < 4.78 is 14.2. The molecule has 0 atom stereocenters. The van der Waals surface area contributed by atoms with E-state index in [0.29, 0.717) is 26.2 Å². The van der Waals surface area contributed by atoms with Crippen LogP contribution in [0.1, 0.15) is 28.8 Å². The van der Waals surface area contributed by atoms with Crippen LogP contribution in [0, 0.1) is 5.82 Å². The highest BCUT2D eigenvalue weighted by Gasteiger charge is 2.53. The van der Waals surface area contributed by atoms with Crippen LogP contribution < -0.4 is 0 Å². The lowest BCUT2D eigenvalue weighted by Crippen LogP contribution is -2.53. The third-order valence-corrected chi connectivity index (χ3v) is 6.41. The van der Waals surface area contributed by atoms with Gasteiger partial charge >= 0.3 is 0 Å². The molecule has 28 heavy (non-hydrogen) atoms. The summed E-state index contributed by atoms with van der Waals surface area (Å²) in [6.45, 7) is 1.85. The molecule has 4 nitrogen and oxygen atoms in total. The topological polar surface area (TPSA) is 40.6 Å². The number of carbonyl (C=O) groups excluding carboxylic acids is 2. The molecule has 0 N–H and O–H groups in total. The number of hydrogen-bond donors (Lipinski definition) is 0. The van der Waals surface area contributed by atoms with Crippen molar-refractivity contribution in [3.8, 4) is 0 Å². The molecule has 0 unspecified atom stereocenters. The Morgan fingerprint density at radius 3 is 2.14 bits per heavy atom. The van der Waals surface area contributed by atoms with Crippen LogP contribution in [0.2, 0.25) is 5.02 Å². The number of rotatable bonds is 3. The second kappa shape index (κ2) is 7.48. The summed E-state index contributed by atoms with van der Waals surface area (Å²) in [6.07, 6.45) is 1.72. The Kier molecular flexibility index (Phi) is 5.19. The van der Waals surface area contributed by atoms with Gasteiger partial charge in [-0.2, -0.15) is 0 Å². The second-order valence-electron chi connectivity index (χ2n) is 7.30. The molecule has 146 valence electrons. The molecule has 0 aromatic heterocycles. The van der Waals surface area contributed by atoms with Gasteiger partial charge in [0.05, 0.1) is 16.0 Å². The van der Waals surface area contributed by atoms with Crippen molar-refractivity contribution >= 4 is 39.3 Å². The lowest BCUT2D eigenvalue weighted by atomic mass is 9.94. The van der Waals surface area contributed by atoms with E-state index >= 15 is 0 Å². The zero-order valence-corrected chi connectivity index (χ0v) is 17.5. The lowest BCUT2D eigenvalue weighted by molar-refractivity contribution is -0.135. The molecule has 2 fully saturated rings. The Morgan fingerprint density at radius 2 is 1.57 bits per heavy atom. The molecule has 7 heteroatoms. The monoisotopic (exact) mass is 464 g/mol. The smallest absolute Gasteiger partial charge is 0.255 e. The van der Waals surface area contributed by atoms with Crippen LogP contribution >= 0.6 is 27.5 Å². The van der Waals surface area contributed by atoms with Gasteiger partial charge in [-0.25, -0.2) is 4.39 Å². The van der Waals surface area contributed by atoms with Crippen LogP contribution in [0.4, 0.5) is 4.39 Å². The van der Waals surface area contributed by atoms with Gasteiger partial charge in [-0.1, -0.05) is 39.7 Å². The van der Waals surface area contributed by atoms with Crippen molar-refractivity contribution in [2.24, 2.45) is 0 Å². The van der Waals surface area contributed by atoms with Gasteiger partial charge in [0.15, 0.2) is 0 Å². The van der Waals surface area contributed by atoms with Gasteiger partial charge in [0, 0.05) is 30.7 Å². The first kappa shape index (κ1) is 19.4. The summed E-state index contributed by atoms with van der Waals surface area (Å²) in [5.74, 6) is -0.562. The van der Waals surface area contributed by atoms with Crippen LogP contribution in [0.25, 0.3) is 0 Å². The summed E-state index contributed by atoms with van der Waals surface area (Å²) in [7, 11) is 0. The van der Waals surface area contributed by atoms with Crippen molar-refractivity contribution < 1.29 is 14.0 Å². The van der Waals surface area contributed by atoms with E-state index in [4.69, 9.17) is 11.6 Å². The summed E-state index contributed by atoms with van der Waals surface area (Å²) in [4.78, 5) is 29.4. The first-order valence-corrected chi connectivity index (χ1v) is 10.4. The minimum Gasteiger partial charge on any atom is -0.338 e. The largest absolute Gasteiger partial charge is 0.338 e. The molecule has 2 aromatic rings. The van der Waals surface area contributed by atoms with E-state index in [9.17, 15) is 14.0 Å². The Balaban J connectivity index is 1.42. The fraction of sp³-hybridized carbons (Fsp3) is 0.333. The predicted octanol–water partition coefficient (Wildman–Crippen LogP) is 4.26. The second-order valence-corrected chi connectivity index (χ2v) is 8.62. The molecule has 1 aliphatic heterocycles. The lowest BCUT2D eigenvalue weighted by Gasteiger charge is -2.37. The normalized spacial score (nSPS) is 18.1. The average molecular weight is 466 g/mol. The fourth-order valence-corrected chi connectivity index (χ4v) is 4.28. The van der Waals surface area contributed by atoms with Gasteiger partial charge in [0.2, 0.25) is 5.91 Å². The van der Waals surface area contributed by atoms with E-state index in [2.05, 4.69) is 15.9 Å². The summed E-state index contributed by atoms with van der Waals surface area (Å²) in [5, 5.41) is 0.107. The summed E-state index contributed by atoms with van der Waals surface area (Å²) in [5.41, 5.74) is 0.932. The average Bonchev–Trinajstić information content (AvgIpc) is 3.49. The predicted molar refractivity (Wildman–Crippen MR) is 109 cm³/mol. The molecule has 2 amide bonds. The maximum atomic E-state index is 13.2. The third-order valence-electron chi connectivity index (χ3n) is 5.57. The highest BCUT2D eigenvalue weighted by molar-refractivity contribution is 9.10. The molecular formula is C21H19BrClFN2O2. The van der Waals surface area contributed by atoms with Crippen molar-refractivity contribution in [2.75, 3.05) is 26.2 Å².